The van der Waals surface area contributed by atoms with E-state index in [0.29, 0.717) is 34.5 Å². The van der Waals surface area contributed by atoms with Gasteiger partial charge in [0.05, 0.1) is 5.56 Å². The lowest BCUT2D eigenvalue weighted by Crippen LogP contribution is -2.25. The van der Waals surface area contributed by atoms with E-state index < -0.39 is 11.6 Å². The Kier molecular flexibility index (Phi) is 5.34. The smallest absolute Gasteiger partial charge is 0.270 e. The second-order valence-electron chi connectivity index (χ2n) is 6.71. The van der Waals surface area contributed by atoms with Gasteiger partial charge in [-0.05, 0) is 49.1 Å². The molecule has 3 aromatic rings. The molecule has 0 aliphatic heterocycles. The Bertz CT molecular complexity index is 1000. The molecule has 0 bridgehead atoms. The third-order valence-corrected chi connectivity index (χ3v) is 5.37. The minimum atomic E-state index is -0.525. The summed E-state index contributed by atoms with van der Waals surface area (Å²) in [6.45, 7) is 0.575. The lowest BCUT2D eigenvalue weighted by atomic mass is 10.2. The molecule has 1 saturated carbocycles. The van der Waals surface area contributed by atoms with Crippen LogP contribution in [0.2, 0.25) is 0 Å². The quantitative estimate of drug-likeness (QED) is 0.619. The van der Waals surface area contributed by atoms with E-state index >= 15 is 0 Å². The van der Waals surface area contributed by atoms with Crippen molar-refractivity contribution in [2.45, 2.75) is 19.4 Å². The number of thiazole rings is 1. The number of benzene rings is 2. The van der Waals surface area contributed by atoms with Crippen LogP contribution < -0.4 is 10.1 Å². The van der Waals surface area contributed by atoms with Crippen molar-refractivity contribution in [2.24, 2.45) is 5.92 Å². The number of hydrogen-bond acceptors (Lipinski definition) is 4. The average Bonchev–Trinajstić information content (AvgIpc) is 3.41. The van der Waals surface area contributed by atoms with Gasteiger partial charge in [0.2, 0.25) is 0 Å². The van der Waals surface area contributed by atoms with Gasteiger partial charge in [-0.15, -0.1) is 11.3 Å². The van der Waals surface area contributed by atoms with E-state index in [0.717, 1.165) is 18.2 Å². The molecule has 7 heteroatoms. The van der Waals surface area contributed by atoms with E-state index in [1.165, 1.54) is 24.2 Å². The molecule has 144 valence electrons. The van der Waals surface area contributed by atoms with Crippen LogP contribution in [0.3, 0.4) is 0 Å². The number of halogens is 2. The third kappa shape index (κ3) is 4.36. The highest BCUT2D eigenvalue weighted by Gasteiger charge is 2.22. The number of aromatic nitrogens is 1. The average molecular weight is 400 g/mol. The summed E-state index contributed by atoms with van der Waals surface area (Å²) >= 11 is 1.34. The predicted molar refractivity (Wildman–Crippen MR) is 103 cm³/mol. The highest BCUT2D eigenvalue weighted by atomic mass is 32.1. The summed E-state index contributed by atoms with van der Waals surface area (Å²) in [6, 6.07) is 10.4. The summed E-state index contributed by atoms with van der Waals surface area (Å²) in [6.07, 6.45) is 2.33. The van der Waals surface area contributed by atoms with Crippen LogP contribution in [0.1, 0.15) is 28.9 Å². The fourth-order valence-corrected chi connectivity index (χ4v) is 3.56. The summed E-state index contributed by atoms with van der Waals surface area (Å²) in [5, 5.41) is 5.24. The van der Waals surface area contributed by atoms with Crippen LogP contribution in [-0.2, 0) is 6.61 Å². The van der Waals surface area contributed by atoms with Crippen molar-refractivity contribution in [3.8, 4) is 16.3 Å². The highest BCUT2D eigenvalue weighted by molar-refractivity contribution is 7.13. The molecule has 0 spiro atoms. The van der Waals surface area contributed by atoms with Gasteiger partial charge in [0.25, 0.3) is 5.91 Å². The van der Waals surface area contributed by atoms with Gasteiger partial charge in [0.1, 0.15) is 34.7 Å². The summed E-state index contributed by atoms with van der Waals surface area (Å²) in [5.74, 6) is -0.141. The van der Waals surface area contributed by atoms with Gasteiger partial charge in [-0.1, -0.05) is 12.1 Å². The molecule has 4 nitrogen and oxygen atoms in total. The molecular weight excluding hydrogens is 382 g/mol. The van der Waals surface area contributed by atoms with Crippen molar-refractivity contribution in [3.63, 3.8) is 0 Å². The second-order valence-corrected chi connectivity index (χ2v) is 7.57. The first kappa shape index (κ1) is 18.6. The molecular formula is C21H18F2N2O2S. The fourth-order valence-electron chi connectivity index (χ4n) is 2.73. The number of ether oxygens (including phenoxy) is 1. The van der Waals surface area contributed by atoms with Crippen molar-refractivity contribution in [2.75, 3.05) is 6.54 Å². The molecule has 1 heterocycles. The maximum absolute atomic E-state index is 13.8. The van der Waals surface area contributed by atoms with Crippen molar-refractivity contribution >= 4 is 17.2 Å². The van der Waals surface area contributed by atoms with Gasteiger partial charge in [-0.3, -0.25) is 4.79 Å². The minimum absolute atomic E-state index is 0.110. The number of nitrogens with zero attached hydrogens (tertiary/aromatic N) is 1. The number of hydrogen-bond donors (Lipinski definition) is 1. The fraction of sp³-hybridized carbons (Fsp3) is 0.238. The Morgan fingerprint density at radius 2 is 2.04 bits per heavy atom. The molecule has 1 aliphatic rings. The maximum atomic E-state index is 13.8. The summed E-state index contributed by atoms with van der Waals surface area (Å²) in [7, 11) is 0. The first-order valence-corrected chi connectivity index (χ1v) is 9.88. The Balaban J connectivity index is 1.49. The number of carbonyl (C=O) groups excluding carboxylic acids is 1. The van der Waals surface area contributed by atoms with Crippen molar-refractivity contribution < 1.29 is 18.3 Å². The molecule has 0 saturated heterocycles. The van der Waals surface area contributed by atoms with E-state index in [1.54, 1.807) is 17.5 Å². The Morgan fingerprint density at radius 3 is 2.86 bits per heavy atom. The van der Waals surface area contributed by atoms with Gasteiger partial charge in [0, 0.05) is 17.5 Å². The molecule has 1 aliphatic carbocycles. The Labute approximate surface area is 165 Å². The maximum Gasteiger partial charge on any atom is 0.270 e. The van der Waals surface area contributed by atoms with Crippen LogP contribution in [0.4, 0.5) is 8.78 Å². The lowest BCUT2D eigenvalue weighted by Gasteiger charge is -2.10. The van der Waals surface area contributed by atoms with Crippen molar-refractivity contribution in [1.82, 2.24) is 10.3 Å². The molecule has 1 amide bonds. The van der Waals surface area contributed by atoms with E-state index in [2.05, 4.69) is 10.3 Å². The van der Waals surface area contributed by atoms with Crippen LogP contribution in [0.15, 0.2) is 47.8 Å². The van der Waals surface area contributed by atoms with Gasteiger partial charge in [-0.25, -0.2) is 13.8 Å². The highest BCUT2D eigenvalue weighted by Crippen LogP contribution is 2.33. The monoisotopic (exact) mass is 400 g/mol. The van der Waals surface area contributed by atoms with Crippen LogP contribution in [-0.4, -0.2) is 17.4 Å². The zero-order valence-corrected chi connectivity index (χ0v) is 15.8. The number of nitrogens with one attached hydrogen (secondary N) is 1. The van der Waals surface area contributed by atoms with Crippen LogP contribution in [0.25, 0.3) is 10.6 Å². The van der Waals surface area contributed by atoms with Crippen LogP contribution in [0.5, 0.6) is 5.75 Å². The molecule has 2 aromatic carbocycles. The predicted octanol–water partition coefficient (Wildman–Crippen LogP) is 4.81. The topological polar surface area (TPSA) is 51.2 Å². The first-order chi connectivity index (χ1) is 13.6. The van der Waals surface area contributed by atoms with Gasteiger partial charge < -0.3 is 10.1 Å². The Morgan fingerprint density at radius 1 is 1.21 bits per heavy atom. The molecule has 4 rings (SSSR count). The summed E-state index contributed by atoms with van der Waals surface area (Å²) in [4.78, 5) is 16.6. The van der Waals surface area contributed by atoms with Gasteiger partial charge in [-0.2, -0.15) is 0 Å². The molecule has 1 aromatic heterocycles. The van der Waals surface area contributed by atoms with E-state index in [9.17, 15) is 13.6 Å². The van der Waals surface area contributed by atoms with E-state index in [1.807, 2.05) is 12.1 Å². The molecule has 1 fully saturated rings. The molecule has 0 unspecified atom stereocenters. The van der Waals surface area contributed by atoms with Crippen molar-refractivity contribution in [3.05, 3.63) is 70.7 Å². The first-order valence-electron chi connectivity index (χ1n) is 9.00. The van der Waals surface area contributed by atoms with Gasteiger partial charge >= 0.3 is 0 Å². The summed E-state index contributed by atoms with van der Waals surface area (Å²) in [5.41, 5.74) is 1.20. The largest absolute Gasteiger partial charge is 0.488 e. The molecule has 1 N–H and O–H groups in total. The van der Waals surface area contributed by atoms with Crippen LogP contribution >= 0.6 is 11.3 Å². The minimum Gasteiger partial charge on any atom is -0.488 e. The number of carbonyl (C=O) groups is 1. The zero-order valence-electron chi connectivity index (χ0n) is 15.0. The number of para-hydroxylation sites is 1. The normalized spacial score (nSPS) is 13.4. The van der Waals surface area contributed by atoms with E-state index in [4.69, 9.17) is 4.74 Å². The molecule has 28 heavy (non-hydrogen) atoms. The Hall–Kier alpha value is -2.80. The summed E-state index contributed by atoms with van der Waals surface area (Å²) < 4.78 is 32.9. The second kappa shape index (κ2) is 8.06. The lowest BCUT2D eigenvalue weighted by molar-refractivity contribution is 0.0947. The number of amides is 1. The van der Waals surface area contributed by atoms with Crippen molar-refractivity contribution in [1.29, 1.82) is 0 Å². The van der Waals surface area contributed by atoms with E-state index in [-0.39, 0.29) is 18.1 Å². The van der Waals surface area contributed by atoms with Gasteiger partial charge in [0.15, 0.2) is 0 Å². The molecule has 0 radical (unpaired) electrons. The standard InChI is InChI=1S/C21H18F2N2O2S/c22-15-7-8-17(23)14(9-15)11-27-19-4-2-1-3-16(19)21-25-18(12-28-21)20(26)24-10-13-5-6-13/h1-4,7-9,12-13H,5-6,10-11H2,(H,24,26). The third-order valence-electron chi connectivity index (χ3n) is 4.49. The SMILES string of the molecule is O=C(NCC1CC1)c1csc(-c2ccccc2OCc2cc(F)ccc2F)n1. The number of rotatable bonds is 7. The van der Waals surface area contributed by atoms with Crippen LogP contribution in [0, 0.1) is 17.6 Å². The molecule has 0 atom stereocenters. The zero-order chi connectivity index (χ0) is 19.5.